The molecule has 1 heterocycles. The lowest BCUT2D eigenvalue weighted by Gasteiger charge is -2.18. The summed E-state index contributed by atoms with van der Waals surface area (Å²) < 4.78 is 0. The zero-order valence-corrected chi connectivity index (χ0v) is 8.35. The van der Waals surface area contributed by atoms with E-state index < -0.39 is 0 Å². The van der Waals surface area contributed by atoms with Crippen LogP contribution in [-0.2, 0) is 0 Å². The maximum absolute atomic E-state index is 9.41. The Morgan fingerprint density at radius 2 is 2.33 bits per heavy atom. The highest BCUT2D eigenvalue weighted by Crippen LogP contribution is 2.24. The van der Waals surface area contributed by atoms with Crippen molar-refractivity contribution in [1.82, 2.24) is 0 Å². The zero-order chi connectivity index (χ0) is 10.8. The molecule has 1 atom stereocenters. The van der Waals surface area contributed by atoms with E-state index in [2.05, 4.69) is 11.0 Å². The van der Waals surface area contributed by atoms with Crippen LogP contribution < -0.4 is 10.6 Å². The van der Waals surface area contributed by atoms with E-state index in [1.165, 1.54) is 0 Å². The molecule has 0 spiro atoms. The van der Waals surface area contributed by atoms with Crippen LogP contribution in [0.2, 0.25) is 0 Å². The maximum Gasteiger partial charge on any atom is 0.101 e. The van der Waals surface area contributed by atoms with E-state index in [0.717, 1.165) is 18.7 Å². The van der Waals surface area contributed by atoms with E-state index in [4.69, 9.17) is 11.0 Å². The van der Waals surface area contributed by atoms with E-state index in [1.54, 1.807) is 12.1 Å². The third-order valence-electron chi connectivity index (χ3n) is 2.69. The van der Waals surface area contributed by atoms with Crippen molar-refractivity contribution in [2.75, 3.05) is 23.7 Å². The topological polar surface area (TPSA) is 73.3 Å². The van der Waals surface area contributed by atoms with Crippen LogP contribution in [0.1, 0.15) is 12.0 Å². The molecule has 0 bridgehead atoms. The third kappa shape index (κ3) is 1.88. The molecule has 1 unspecified atom stereocenters. The van der Waals surface area contributed by atoms with Crippen LogP contribution in [0.3, 0.4) is 0 Å². The largest absolute Gasteiger partial charge is 0.398 e. The Kier molecular flexibility index (Phi) is 2.48. The lowest BCUT2D eigenvalue weighted by atomic mass is 10.1. The van der Waals surface area contributed by atoms with Gasteiger partial charge in [-0.3, -0.25) is 0 Å². The molecule has 1 aromatic rings. The minimum atomic E-state index is -0.256. The quantitative estimate of drug-likeness (QED) is 0.659. The summed E-state index contributed by atoms with van der Waals surface area (Å²) in [7, 11) is 0. The van der Waals surface area contributed by atoms with Gasteiger partial charge < -0.3 is 15.7 Å². The van der Waals surface area contributed by atoms with Crippen molar-refractivity contribution in [2.24, 2.45) is 0 Å². The van der Waals surface area contributed by atoms with Crippen LogP contribution in [-0.4, -0.2) is 24.3 Å². The molecule has 1 fully saturated rings. The highest BCUT2D eigenvalue weighted by molar-refractivity contribution is 5.63. The number of rotatable bonds is 1. The second-order valence-electron chi connectivity index (χ2n) is 3.77. The molecule has 4 nitrogen and oxygen atoms in total. The first-order valence-corrected chi connectivity index (χ1v) is 4.93. The summed E-state index contributed by atoms with van der Waals surface area (Å²) >= 11 is 0. The van der Waals surface area contributed by atoms with Gasteiger partial charge in [-0.05, 0) is 24.6 Å². The zero-order valence-electron chi connectivity index (χ0n) is 8.35. The molecule has 0 radical (unpaired) electrons. The Hall–Kier alpha value is -1.73. The average Bonchev–Trinajstić information content (AvgIpc) is 2.66. The molecular weight excluding hydrogens is 190 g/mol. The van der Waals surface area contributed by atoms with E-state index in [1.807, 2.05) is 6.07 Å². The summed E-state index contributed by atoms with van der Waals surface area (Å²) in [5.74, 6) is 0. The van der Waals surface area contributed by atoms with Gasteiger partial charge in [0.25, 0.3) is 0 Å². The number of nitrogens with two attached hydrogens (primary N) is 1. The minimum Gasteiger partial charge on any atom is -0.398 e. The minimum absolute atomic E-state index is 0.256. The molecule has 1 saturated heterocycles. The summed E-state index contributed by atoms with van der Waals surface area (Å²) in [6, 6.07) is 7.45. The Morgan fingerprint density at radius 3 is 2.93 bits per heavy atom. The fourth-order valence-electron chi connectivity index (χ4n) is 1.81. The fourth-order valence-corrected chi connectivity index (χ4v) is 1.81. The van der Waals surface area contributed by atoms with Gasteiger partial charge in [0.05, 0.1) is 11.7 Å². The Balaban J connectivity index is 2.26. The Bertz CT molecular complexity index is 411. The number of β-amino-alcohol motifs (C(OH)–C–C–N with tert-alkyl or cyclic N) is 1. The Morgan fingerprint density at radius 1 is 1.53 bits per heavy atom. The number of nitriles is 1. The van der Waals surface area contributed by atoms with Crippen LogP contribution in [0.15, 0.2) is 18.2 Å². The lowest BCUT2D eigenvalue weighted by Crippen LogP contribution is -2.21. The molecule has 0 amide bonds. The molecule has 2 rings (SSSR count). The van der Waals surface area contributed by atoms with Crippen molar-refractivity contribution in [1.29, 1.82) is 5.26 Å². The number of hydrogen-bond acceptors (Lipinski definition) is 4. The highest BCUT2D eigenvalue weighted by atomic mass is 16.3. The average molecular weight is 203 g/mol. The van der Waals surface area contributed by atoms with Crippen LogP contribution in [0.25, 0.3) is 0 Å². The molecule has 4 heteroatoms. The normalized spacial score (nSPS) is 20.3. The summed E-state index contributed by atoms with van der Waals surface area (Å²) in [4.78, 5) is 2.06. The molecule has 78 valence electrons. The van der Waals surface area contributed by atoms with E-state index >= 15 is 0 Å². The number of benzene rings is 1. The SMILES string of the molecule is N#Cc1cc(N2CCC(O)C2)ccc1N. The lowest BCUT2D eigenvalue weighted by molar-refractivity contribution is 0.198. The van der Waals surface area contributed by atoms with Gasteiger partial charge >= 0.3 is 0 Å². The monoisotopic (exact) mass is 203 g/mol. The number of anilines is 2. The van der Waals surface area contributed by atoms with Crippen molar-refractivity contribution in [3.63, 3.8) is 0 Å². The second kappa shape index (κ2) is 3.79. The number of hydrogen-bond donors (Lipinski definition) is 2. The molecule has 1 aliphatic heterocycles. The van der Waals surface area contributed by atoms with Crippen LogP contribution in [0.4, 0.5) is 11.4 Å². The van der Waals surface area contributed by atoms with Gasteiger partial charge in [0.15, 0.2) is 0 Å². The summed E-state index contributed by atoms with van der Waals surface area (Å²) in [6.45, 7) is 1.46. The predicted molar refractivity (Wildman–Crippen MR) is 58.4 cm³/mol. The van der Waals surface area contributed by atoms with Crippen molar-refractivity contribution < 1.29 is 5.11 Å². The van der Waals surface area contributed by atoms with Crippen molar-refractivity contribution >= 4 is 11.4 Å². The first-order chi connectivity index (χ1) is 7.20. The van der Waals surface area contributed by atoms with Crippen LogP contribution in [0, 0.1) is 11.3 Å². The van der Waals surface area contributed by atoms with Gasteiger partial charge in [0.1, 0.15) is 6.07 Å². The van der Waals surface area contributed by atoms with E-state index in [0.29, 0.717) is 17.8 Å². The number of aliphatic hydroxyl groups excluding tert-OH is 1. The number of aliphatic hydroxyl groups is 1. The summed E-state index contributed by atoms with van der Waals surface area (Å²) in [5.41, 5.74) is 7.59. The predicted octanol–water partition coefficient (Wildman–Crippen LogP) is 0.711. The number of nitrogen functional groups attached to an aromatic ring is 1. The Labute approximate surface area is 88.5 Å². The van der Waals surface area contributed by atoms with E-state index in [9.17, 15) is 5.11 Å². The molecule has 1 aromatic carbocycles. The van der Waals surface area contributed by atoms with Gasteiger partial charge in [0.2, 0.25) is 0 Å². The standard InChI is InChI=1S/C11H13N3O/c12-6-8-5-9(1-2-11(8)13)14-4-3-10(15)7-14/h1-2,5,10,15H,3-4,7,13H2. The highest BCUT2D eigenvalue weighted by Gasteiger charge is 2.20. The van der Waals surface area contributed by atoms with Gasteiger partial charge in [0, 0.05) is 24.5 Å². The van der Waals surface area contributed by atoms with Crippen molar-refractivity contribution in [3.8, 4) is 6.07 Å². The summed E-state index contributed by atoms with van der Waals surface area (Å²) in [6.07, 6.45) is 0.528. The van der Waals surface area contributed by atoms with Crippen molar-refractivity contribution in [2.45, 2.75) is 12.5 Å². The van der Waals surface area contributed by atoms with Gasteiger partial charge in [-0.25, -0.2) is 0 Å². The molecule has 1 aliphatic rings. The molecule has 0 saturated carbocycles. The van der Waals surface area contributed by atoms with E-state index in [-0.39, 0.29) is 6.10 Å². The van der Waals surface area contributed by atoms with Crippen LogP contribution >= 0.6 is 0 Å². The first-order valence-electron chi connectivity index (χ1n) is 4.93. The van der Waals surface area contributed by atoms with Gasteiger partial charge in [-0.15, -0.1) is 0 Å². The molecule has 15 heavy (non-hydrogen) atoms. The molecular formula is C11H13N3O. The molecule has 0 aromatic heterocycles. The smallest absolute Gasteiger partial charge is 0.101 e. The molecule has 0 aliphatic carbocycles. The van der Waals surface area contributed by atoms with Gasteiger partial charge in [-0.1, -0.05) is 0 Å². The fraction of sp³-hybridized carbons (Fsp3) is 0.364. The maximum atomic E-state index is 9.41. The first kappa shape index (κ1) is 9.81. The third-order valence-corrected chi connectivity index (χ3v) is 2.69. The number of nitrogens with zero attached hydrogens (tertiary/aromatic N) is 2. The van der Waals surface area contributed by atoms with Gasteiger partial charge in [-0.2, -0.15) is 5.26 Å². The molecule has 3 N–H and O–H groups in total. The summed E-state index contributed by atoms with van der Waals surface area (Å²) in [5, 5.41) is 18.3. The second-order valence-corrected chi connectivity index (χ2v) is 3.77. The van der Waals surface area contributed by atoms with Crippen molar-refractivity contribution in [3.05, 3.63) is 23.8 Å². The van der Waals surface area contributed by atoms with Crippen LogP contribution in [0.5, 0.6) is 0 Å².